The van der Waals surface area contributed by atoms with Gasteiger partial charge in [-0.25, -0.2) is 0 Å². The van der Waals surface area contributed by atoms with E-state index in [1.54, 1.807) is 11.3 Å². The first-order chi connectivity index (χ1) is 14.4. The maximum atomic E-state index is 12.2. The summed E-state index contributed by atoms with van der Waals surface area (Å²) >= 11 is 1.64. The minimum atomic E-state index is 0.0294. The lowest BCUT2D eigenvalue weighted by Gasteiger charge is -2.18. The summed E-state index contributed by atoms with van der Waals surface area (Å²) in [6, 6.07) is 10.3. The molecule has 0 bridgehead atoms. The molecule has 3 nitrogen and oxygen atoms in total. The maximum Gasteiger partial charge on any atom is 0.162 e. The predicted octanol–water partition coefficient (Wildman–Crippen LogP) is 5.50. The van der Waals surface area contributed by atoms with Gasteiger partial charge in [0.1, 0.15) is 6.61 Å². The van der Waals surface area contributed by atoms with Crippen LogP contribution in [0, 0.1) is 17.3 Å². The lowest BCUT2D eigenvalue weighted by molar-refractivity contribution is -0.123. The van der Waals surface area contributed by atoms with Gasteiger partial charge in [0.25, 0.3) is 0 Å². The number of carbonyl (C=O) groups excluding carboxylic acids is 1. The van der Waals surface area contributed by atoms with E-state index < -0.39 is 0 Å². The Morgan fingerprint density at radius 3 is 2.70 bits per heavy atom. The van der Waals surface area contributed by atoms with Crippen molar-refractivity contribution in [2.75, 3.05) is 19.7 Å². The van der Waals surface area contributed by atoms with E-state index >= 15 is 0 Å². The summed E-state index contributed by atoms with van der Waals surface area (Å²) in [6.45, 7) is 11.8. The number of rotatable bonds is 11. The number of ether oxygens (including phenoxy) is 1. The van der Waals surface area contributed by atoms with Gasteiger partial charge >= 0.3 is 0 Å². The van der Waals surface area contributed by atoms with Gasteiger partial charge in [0.05, 0.1) is 6.61 Å². The summed E-state index contributed by atoms with van der Waals surface area (Å²) in [5.74, 6) is 6.44. The number of benzene rings is 1. The van der Waals surface area contributed by atoms with Gasteiger partial charge in [-0.15, -0.1) is 0 Å². The van der Waals surface area contributed by atoms with Gasteiger partial charge in [-0.3, -0.25) is 9.69 Å². The lowest BCUT2D eigenvalue weighted by Crippen LogP contribution is -2.23. The molecule has 0 spiro atoms. The molecule has 1 heterocycles. The van der Waals surface area contributed by atoms with E-state index in [1.165, 1.54) is 5.56 Å². The lowest BCUT2D eigenvalue weighted by atomic mass is 9.98. The topological polar surface area (TPSA) is 29.5 Å². The van der Waals surface area contributed by atoms with E-state index in [4.69, 9.17) is 4.74 Å². The number of allylic oxidation sites excluding steroid dienone is 1. The Labute approximate surface area is 185 Å². The SMILES string of the molecule is CCN(CC=CC#CC(C)(C)C)Cc1cccc(CC(=O)COCc2ccsc2)c1. The quantitative estimate of drug-likeness (QED) is 0.447. The summed E-state index contributed by atoms with van der Waals surface area (Å²) in [5.41, 5.74) is 3.41. The molecule has 0 unspecified atom stereocenters. The normalized spacial score (nSPS) is 11.6. The zero-order valence-corrected chi connectivity index (χ0v) is 19.4. The van der Waals surface area contributed by atoms with Crippen LogP contribution in [0.3, 0.4) is 0 Å². The number of ketones is 1. The highest BCUT2D eigenvalue weighted by Gasteiger charge is 2.07. The average Bonchev–Trinajstić information content (AvgIpc) is 3.19. The zero-order valence-electron chi connectivity index (χ0n) is 18.6. The molecule has 1 aromatic heterocycles. The molecule has 0 saturated heterocycles. The highest BCUT2D eigenvalue weighted by Crippen LogP contribution is 2.11. The largest absolute Gasteiger partial charge is 0.369 e. The average molecular weight is 424 g/mol. The molecule has 0 saturated carbocycles. The first-order valence-corrected chi connectivity index (χ1v) is 11.4. The van der Waals surface area contributed by atoms with Crippen LogP contribution in [0.5, 0.6) is 0 Å². The van der Waals surface area contributed by atoms with Gasteiger partial charge in [-0.1, -0.05) is 49.1 Å². The van der Waals surface area contributed by atoms with E-state index in [9.17, 15) is 4.79 Å². The van der Waals surface area contributed by atoms with E-state index in [-0.39, 0.29) is 17.8 Å². The number of Topliss-reactive ketones (excluding diaryl/α,β-unsaturated/α-hetero) is 1. The number of nitrogens with zero attached hydrogens (tertiary/aromatic N) is 1. The fourth-order valence-corrected chi connectivity index (χ4v) is 3.51. The second-order valence-corrected chi connectivity index (χ2v) is 9.19. The summed E-state index contributed by atoms with van der Waals surface area (Å²) in [7, 11) is 0. The Morgan fingerprint density at radius 1 is 1.20 bits per heavy atom. The van der Waals surface area contributed by atoms with Crippen molar-refractivity contribution in [1.29, 1.82) is 0 Å². The molecule has 160 valence electrons. The number of hydrogen-bond acceptors (Lipinski definition) is 4. The Balaban J connectivity index is 1.81. The third kappa shape index (κ3) is 10.0. The predicted molar refractivity (Wildman–Crippen MR) is 126 cm³/mol. The van der Waals surface area contributed by atoms with Gasteiger partial charge < -0.3 is 4.74 Å². The molecule has 0 amide bonds. The van der Waals surface area contributed by atoms with Crippen molar-refractivity contribution in [3.8, 4) is 11.8 Å². The second-order valence-electron chi connectivity index (χ2n) is 8.41. The van der Waals surface area contributed by atoms with E-state index in [0.29, 0.717) is 13.0 Å². The number of likely N-dealkylation sites (N-methyl/N-ethyl adjacent to an activating group) is 1. The smallest absolute Gasteiger partial charge is 0.162 e. The molecule has 0 aliphatic heterocycles. The Hall–Kier alpha value is -2.19. The number of thiophene rings is 1. The first-order valence-electron chi connectivity index (χ1n) is 10.4. The molecule has 2 aromatic rings. The molecule has 0 N–H and O–H groups in total. The van der Waals surface area contributed by atoms with Crippen LogP contribution < -0.4 is 0 Å². The van der Waals surface area contributed by atoms with Crippen LogP contribution in [-0.4, -0.2) is 30.4 Å². The zero-order chi connectivity index (χ0) is 21.8. The van der Waals surface area contributed by atoms with Crippen molar-refractivity contribution in [2.24, 2.45) is 5.41 Å². The molecule has 1 aromatic carbocycles. The third-order valence-electron chi connectivity index (χ3n) is 4.37. The summed E-state index contributed by atoms with van der Waals surface area (Å²) in [5, 5.41) is 4.06. The van der Waals surface area contributed by atoms with E-state index in [1.807, 2.05) is 35.0 Å². The molecule has 0 aliphatic rings. The Kier molecular flexibility index (Phi) is 10.0. The van der Waals surface area contributed by atoms with Gasteiger partial charge in [0, 0.05) is 24.9 Å². The molecule has 0 atom stereocenters. The molecular weight excluding hydrogens is 390 g/mol. The van der Waals surface area contributed by atoms with Gasteiger partial charge in [0.2, 0.25) is 0 Å². The molecule has 4 heteroatoms. The highest BCUT2D eigenvalue weighted by molar-refractivity contribution is 7.07. The third-order valence-corrected chi connectivity index (χ3v) is 5.10. The van der Waals surface area contributed by atoms with Gasteiger partial charge in [-0.2, -0.15) is 11.3 Å². The minimum Gasteiger partial charge on any atom is -0.369 e. The van der Waals surface area contributed by atoms with Crippen LogP contribution in [0.2, 0.25) is 0 Å². The number of carbonyl (C=O) groups is 1. The van der Waals surface area contributed by atoms with Crippen molar-refractivity contribution in [2.45, 2.75) is 47.3 Å². The molecule has 0 aliphatic carbocycles. The fraction of sp³-hybridized carbons (Fsp3) is 0.423. The summed E-state index contributed by atoms with van der Waals surface area (Å²) < 4.78 is 5.54. The van der Waals surface area contributed by atoms with Crippen LogP contribution in [-0.2, 0) is 29.1 Å². The highest BCUT2D eigenvalue weighted by atomic mass is 32.1. The van der Waals surface area contributed by atoms with Crippen LogP contribution >= 0.6 is 11.3 Å². The van der Waals surface area contributed by atoms with Crippen molar-refractivity contribution >= 4 is 17.1 Å². The molecule has 30 heavy (non-hydrogen) atoms. The van der Waals surface area contributed by atoms with Crippen molar-refractivity contribution in [3.05, 3.63) is 69.9 Å². The van der Waals surface area contributed by atoms with Gasteiger partial charge in [-0.05, 0) is 66.9 Å². The van der Waals surface area contributed by atoms with Crippen LogP contribution in [0.4, 0.5) is 0 Å². The monoisotopic (exact) mass is 423 g/mol. The fourth-order valence-electron chi connectivity index (χ4n) is 2.86. The molecular formula is C26H33NO2S. The molecule has 0 fully saturated rings. The molecule has 2 rings (SSSR count). The molecule has 0 radical (unpaired) electrons. The van der Waals surface area contributed by atoms with Crippen LogP contribution in [0.25, 0.3) is 0 Å². The van der Waals surface area contributed by atoms with Crippen molar-refractivity contribution < 1.29 is 9.53 Å². The van der Waals surface area contributed by atoms with E-state index in [2.05, 4.69) is 62.6 Å². The summed E-state index contributed by atoms with van der Waals surface area (Å²) in [6.07, 6.45) is 4.46. The van der Waals surface area contributed by atoms with Gasteiger partial charge in [0.15, 0.2) is 5.78 Å². The van der Waals surface area contributed by atoms with Crippen LogP contribution in [0.15, 0.2) is 53.2 Å². The van der Waals surface area contributed by atoms with Crippen molar-refractivity contribution in [1.82, 2.24) is 4.90 Å². The maximum absolute atomic E-state index is 12.2. The van der Waals surface area contributed by atoms with E-state index in [0.717, 1.165) is 30.8 Å². The van der Waals surface area contributed by atoms with Crippen LogP contribution in [0.1, 0.15) is 44.4 Å². The first kappa shape index (κ1) is 24.1. The minimum absolute atomic E-state index is 0.0294. The standard InChI is InChI=1S/C26H33NO2S/c1-5-27(14-8-6-7-13-26(2,3)4)18-23-11-9-10-22(16-23)17-25(28)20-29-19-24-12-15-30-21-24/h6,8-12,15-16,21H,5,14,17-20H2,1-4H3. The Bertz CT molecular complexity index is 866. The summed E-state index contributed by atoms with van der Waals surface area (Å²) in [4.78, 5) is 14.6. The number of hydrogen-bond donors (Lipinski definition) is 0. The Morgan fingerprint density at radius 2 is 2.00 bits per heavy atom. The van der Waals surface area contributed by atoms with Crippen molar-refractivity contribution in [3.63, 3.8) is 0 Å². The second kappa shape index (κ2) is 12.5.